The Morgan fingerprint density at radius 3 is 2.59 bits per heavy atom. The van der Waals surface area contributed by atoms with Crippen LogP contribution in [0.2, 0.25) is 0 Å². The SMILES string of the molecule is Cc1ccc(CNc2nc3cc(N(C)C4=CCN=C(Nc5ccc(C)c(S(N)(=O)=O)c5)N4)ccc3n2C)cc1. The summed E-state index contributed by atoms with van der Waals surface area (Å²) in [7, 11) is 0.140. The number of aromatic nitrogens is 2. The Hall–Kier alpha value is -4.35. The predicted molar refractivity (Wildman–Crippen MR) is 157 cm³/mol. The molecule has 5 N–H and O–H groups in total. The average Bonchev–Trinajstić information content (AvgIpc) is 3.23. The Morgan fingerprint density at radius 2 is 1.85 bits per heavy atom. The third-order valence-corrected chi connectivity index (χ3v) is 7.78. The number of fused-ring (bicyclic) bond motifs is 1. The maximum absolute atomic E-state index is 11.9. The van der Waals surface area contributed by atoms with Crippen LogP contribution in [0.3, 0.4) is 0 Å². The normalized spacial score (nSPS) is 13.5. The van der Waals surface area contributed by atoms with Gasteiger partial charge in [-0.1, -0.05) is 35.9 Å². The zero-order chi connectivity index (χ0) is 27.7. The molecule has 39 heavy (non-hydrogen) atoms. The molecule has 1 aliphatic rings. The lowest BCUT2D eigenvalue weighted by Gasteiger charge is -2.27. The van der Waals surface area contributed by atoms with Gasteiger partial charge in [0.2, 0.25) is 21.9 Å². The summed E-state index contributed by atoms with van der Waals surface area (Å²) in [6.07, 6.45) is 1.98. The number of benzene rings is 3. The van der Waals surface area contributed by atoms with Gasteiger partial charge in [-0.05, 0) is 61.4 Å². The third kappa shape index (κ3) is 5.74. The minimum atomic E-state index is -3.83. The van der Waals surface area contributed by atoms with Crippen LogP contribution in [0.25, 0.3) is 11.0 Å². The molecule has 0 aliphatic carbocycles. The first kappa shape index (κ1) is 26.3. The molecule has 0 saturated heterocycles. The lowest BCUT2D eigenvalue weighted by Crippen LogP contribution is -2.39. The van der Waals surface area contributed by atoms with Crippen LogP contribution in [0.4, 0.5) is 17.3 Å². The molecule has 10 nitrogen and oxygen atoms in total. The fourth-order valence-electron chi connectivity index (χ4n) is 4.43. The van der Waals surface area contributed by atoms with Gasteiger partial charge in [0.15, 0.2) is 0 Å². The number of imidazole rings is 1. The van der Waals surface area contributed by atoms with Crippen molar-refractivity contribution in [3.8, 4) is 0 Å². The molecule has 1 aliphatic heterocycles. The van der Waals surface area contributed by atoms with E-state index in [4.69, 9.17) is 10.1 Å². The second kappa shape index (κ2) is 10.4. The summed E-state index contributed by atoms with van der Waals surface area (Å²) in [5.74, 6) is 2.14. The van der Waals surface area contributed by atoms with Gasteiger partial charge in [0.25, 0.3) is 0 Å². The van der Waals surface area contributed by atoms with E-state index in [9.17, 15) is 8.42 Å². The molecule has 5 rings (SSSR count). The zero-order valence-electron chi connectivity index (χ0n) is 22.4. The topological polar surface area (TPSA) is 130 Å². The van der Waals surface area contributed by atoms with Gasteiger partial charge in [-0.25, -0.2) is 23.5 Å². The lowest BCUT2D eigenvalue weighted by molar-refractivity contribution is 0.597. The van der Waals surface area contributed by atoms with E-state index in [2.05, 4.69) is 62.8 Å². The lowest BCUT2D eigenvalue weighted by atomic mass is 10.1. The highest BCUT2D eigenvalue weighted by molar-refractivity contribution is 7.89. The van der Waals surface area contributed by atoms with Crippen molar-refractivity contribution >= 4 is 44.3 Å². The molecule has 3 aromatic carbocycles. The van der Waals surface area contributed by atoms with Crippen molar-refractivity contribution in [1.29, 1.82) is 0 Å². The average molecular weight is 545 g/mol. The second-order valence-electron chi connectivity index (χ2n) is 9.62. The highest BCUT2D eigenvalue weighted by Crippen LogP contribution is 2.26. The number of anilines is 3. The molecule has 202 valence electrons. The Balaban J connectivity index is 1.29. The van der Waals surface area contributed by atoms with E-state index in [-0.39, 0.29) is 4.90 Å². The van der Waals surface area contributed by atoms with Crippen LogP contribution in [0.1, 0.15) is 16.7 Å². The van der Waals surface area contributed by atoms with Crippen molar-refractivity contribution in [3.63, 3.8) is 0 Å². The first-order valence-electron chi connectivity index (χ1n) is 12.5. The molecule has 0 spiro atoms. The number of sulfonamides is 1. The predicted octanol–water partition coefficient (Wildman–Crippen LogP) is 3.80. The maximum atomic E-state index is 11.9. The van der Waals surface area contributed by atoms with Crippen LogP contribution >= 0.6 is 0 Å². The molecule has 0 atom stereocenters. The zero-order valence-corrected chi connectivity index (χ0v) is 23.2. The molecule has 0 fully saturated rings. The summed E-state index contributed by atoms with van der Waals surface area (Å²) in [5.41, 5.74) is 6.45. The Morgan fingerprint density at radius 1 is 1.08 bits per heavy atom. The van der Waals surface area contributed by atoms with Gasteiger partial charge in [0, 0.05) is 32.0 Å². The molecule has 0 unspecified atom stereocenters. The van der Waals surface area contributed by atoms with Crippen LogP contribution in [0, 0.1) is 13.8 Å². The summed E-state index contributed by atoms with van der Waals surface area (Å²) in [4.78, 5) is 11.4. The third-order valence-electron chi connectivity index (χ3n) is 6.72. The minimum Gasteiger partial charge on any atom is -0.352 e. The molecular weight excluding hydrogens is 512 g/mol. The Labute approximate surface area is 228 Å². The van der Waals surface area contributed by atoms with E-state index in [1.54, 1.807) is 19.1 Å². The number of hydrogen-bond acceptors (Lipinski definition) is 8. The maximum Gasteiger partial charge on any atom is 0.238 e. The highest BCUT2D eigenvalue weighted by Gasteiger charge is 2.17. The Bertz CT molecular complexity index is 1710. The highest BCUT2D eigenvalue weighted by atomic mass is 32.2. The summed E-state index contributed by atoms with van der Waals surface area (Å²) in [6, 6.07) is 19.6. The van der Waals surface area contributed by atoms with Gasteiger partial charge in [0.05, 0.1) is 22.5 Å². The molecule has 2 heterocycles. The number of aliphatic imine (C=N–C) groups is 1. The largest absolute Gasteiger partial charge is 0.352 e. The number of primary sulfonamides is 1. The van der Waals surface area contributed by atoms with Gasteiger partial charge < -0.3 is 25.4 Å². The summed E-state index contributed by atoms with van der Waals surface area (Å²) >= 11 is 0. The van der Waals surface area contributed by atoms with Gasteiger partial charge in [-0.3, -0.25) is 0 Å². The van der Waals surface area contributed by atoms with Crippen molar-refractivity contribution in [3.05, 3.63) is 89.3 Å². The fraction of sp³-hybridized carbons (Fsp3) is 0.214. The first-order valence-corrected chi connectivity index (χ1v) is 14.0. The molecular formula is C28H32N8O2S. The van der Waals surface area contributed by atoms with E-state index in [1.165, 1.54) is 17.2 Å². The number of rotatable bonds is 7. The molecule has 0 bridgehead atoms. The molecule has 0 radical (unpaired) electrons. The number of nitrogens with two attached hydrogens (primary N) is 1. The van der Waals surface area contributed by atoms with Crippen LogP contribution < -0.4 is 26.0 Å². The smallest absolute Gasteiger partial charge is 0.238 e. The monoisotopic (exact) mass is 544 g/mol. The van der Waals surface area contributed by atoms with Crippen molar-refractivity contribution in [2.75, 3.05) is 29.1 Å². The van der Waals surface area contributed by atoms with Crippen LogP contribution in [0.5, 0.6) is 0 Å². The molecule has 1 aromatic heterocycles. The number of aryl methyl sites for hydroxylation is 3. The van der Waals surface area contributed by atoms with E-state index in [0.717, 1.165) is 28.5 Å². The van der Waals surface area contributed by atoms with Gasteiger partial charge in [0.1, 0.15) is 5.82 Å². The molecule has 4 aromatic rings. The number of hydrogen-bond donors (Lipinski definition) is 4. The van der Waals surface area contributed by atoms with E-state index < -0.39 is 10.0 Å². The molecule has 0 amide bonds. The summed E-state index contributed by atoms with van der Waals surface area (Å²) < 4.78 is 25.9. The minimum absolute atomic E-state index is 0.0770. The quantitative estimate of drug-likeness (QED) is 0.278. The van der Waals surface area contributed by atoms with Crippen molar-refractivity contribution in [1.82, 2.24) is 14.9 Å². The standard InChI is InChI=1S/C28H32N8O2S/c1-18-5-8-20(9-6-18)17-31-28-33-23-16-22(11-12-24(23)36(28)4)35(3)26-13-14-30-27(34-26)32-21-10-7-19(2)25(15-21)39(29,37)38/h5-13,15-16H,14,17H2,1-4H3,(H,31,33)(H2,29,37,38)(H2,30,32,34). The van der Waals surface area contributed by atoms with E-state index in [1.807, 2.05) is 37.2 Å². The number of nitrogens with one attached hydrogen (secondary N) is 3. The second-order valence-corrected chi connectivity index (χ2v) is 11.1. The van der Waals surface area contributed by atoms with Crippen LogP contribution in [-0.2, 0) is 23.6 Å². The van der Waals surface area contributed by atoms with E-state index in [0.29, 0.717) is 30.3 Å². The molecule has 11 heteroatoms. The Kier molecular flexibility index (Phi) is 7.02. The van der Waals surface area contributed by atoms with Crippen LogP contribution in [-0.4, -0.2) is 37.5 Å². The fourth-order valence-corrected chi connectivity index (χ4v) is 5.24. The van der Waals surface area contributed by atoms with Crippen molar-refractivity contribution in [2.24, 2.45) is 17.2 Å². The summed E-state index contributed by atoms with van der Waals surface area (Å²) in [6.45, 7) is 4.94. The van der Waals surface area contributed by atoms with Crippen LogP contribution in [0.15, 0.2) is 82.4 Å². The van der Waals surface area contributed by atoms with E-state index >= 15 is 0 Å². The number of guanidine groups is 1. The number of nitrogens with zero attached hydrogens (tertiary/aromatic N) is 4. The summed E-state index contributed by atoms with van der Waals surface area (Å²) in [5, 5.41) is 15.2. The van der Waals surface area contributed by atoms with Gasteiger partial charge >= 0.3 is 0 Å². The van der Waals surface area contributed by atoms with Gasteiger partial charge in [-0.2, -0.15) is 0 Å². The first-order chi connectivity index (χ1) is 18.6. The van der Waals surface area contributed by atoms with Crippen molar-refractivity contribution < 1.29 is 8.42 Å². The van der Waals surface area contributed by atoms with Gasteiger partial charge in [-0.15, -0.1) is 0 Å². The van der Waals surface area contributed by atoms with Crippen molar-refractivity contribution in [2.45, 2.75) is 25.3 Å². The molecule has 0 saturated carbocycles.